The van der Waals surface area contributed by atoms with E-state index in [-0.39, 0.29) is 17.7 Å². The first-order valence-electron chi connectivity index (χ1n) is 9.34. The van der Waals surface area contributed by atoms with Crippen molar-refractivity contribution in [1.82, 2.24) is 19.5 Å². The molecule has 1 amide bonds. The molecule has 0 fully saturated rings. The molecule has 7 nitrogen and oxygen atoms in total. The van der Waals surface area contributed by atoms with E-state index in [9.17, 15) is 9.59 Å². The van der Waals surface area contributed by atoms with E-state index >= 15 is 0 Å². The number of hydrogen-bond acceptors (Lipinski definition) is 6. The molecule has 1 N–H and O–H groups in total. The van der Waals surface area contributed by atoms with E-state index in [1.54, 1.807) is 24.6 Å². The van der Waals surface area contributed by atoms with Crippen molar-refractivity contribution < 1.29 is 9.59 Å². The van der Waals surface area contributed by atoms with Gasteiger partial charge >= 0.3 is 0 Å². The summed E-state index contributed by atoms with van der Waals surface area (Å²) in [4.78, 5) is 31.1. The Morgan fingerprint density at radius 2 is 2.00 bits per heavy atom. The van der Waals surface area contributed by atoms with Gasteiger partial charge in [0.1, 0.15) is 11.5 Å². The van der Waals surface area contributed by atoms with Crippen molar-refractivity contribution in [2.75, 3.05) is 18.4 Å². The molecule has 0 atom stereocenters. The highest BCUT2D eigenvalue weighted by Crippen LogP contribution is 2.28. The number of ketones is 1. The van der Waals surface area contributed by atoms with Gasteiger partial charge in [0.15, 0.2) is 11.4 Å². The first-order valence-corrected chi connectivity index (χ1v) is 10.2. The van der Waals surface area contributed by atoms with E-state index in [4.69, 9.17) is 0 Å². The fraction of sp³-hybridized carbons (Fsp3) is 0.400. The Kier molecular flexibility index (Phi) is 6.08. The van der Waals surface area contributed by atoms with Gasteiger partial charge in [0.05, 0.1) is 16.0 Å². The van der Waals surface area contributed by atoms with E-state index < -0.39 is 0 Å². The van der Waals surface area contributed by atoms with Crippen molar-refractivity contribution in [1.29, 1.82) is 0 Å². The molecule has 0 aromatic carbocycles. The maximum absolute atomic E-state index is 11.6. The monoisotopic (exact) mass is 399 g/mol. The number of nitrogens with one attached hydrogen (secondary N) is 1. The number of imidazole rings is 1. The summed E-state index contributed by atoms with van der Waals surface area (Å²) in [6.07, 6.45) is 2.61. The highest BCUT2D eigenvalue weighted by molar-refractivity contribution is 7.17. The van der Waals surface area contributed by atoms with Crippen LogP contribution in [-0.2, 0) is 4.79 Å². The average Bonchev–Trinajstić information content (AvgIpc) is 3.27. The molecule has 0 unspecified atom stereocenters. The third-order valence-corrected chi connectivity index (χ3v) is 5.69. The molecule has 0 aliphatic rings. The molecule has 0 radical (unpaired) electrons. The molecular formula is C20H25N5O2S. The Hall–Kier alpha value is -2.74. The van der Waals surface area contributed by atoms with Crippen molar-refractivity contribution >= 4 is 34.5 Å². The molecule has 8 heteroatoms. The topological polar surface area (TPSA) is 79.6 Å². The van der Waals surface area contributed by atoms with Gasteiger partial charge in [-0.25, -0.2) is 9.50 Å². The molecule has 0 saturated heterocycles. The van der Waals surface area contributed by atoms with Crippen molar-refractivity contribution in [3.05, 3.63) is 35.3 Å². The summed E-state index contributed by atoms with van der Waals surface area (Å²) < 4.78 is 1.79. The third-order valence-electron chi connectivity index (χ3n) is 4.48. The van der Waals surface area contributed by atoms with Gasteiger partial charge in [0.25, 0.3) is 0 Å². The first-order chi connectivity index (χ1) is 13.4. The Bertz CT molecular complexity index is 992. The Labute approximate surface area is 168 Å². The smallest absolute Gasteiger partial charge is 0.219 e. The summed E-state index contributed by atoms with van der Waals surface area (Å²) in [6, 6.07) is 7.76. The van der Waals surface area contributed by atoms with Crippen LogP contribution in [0.2, 0.25) is 0 Å². The molecule has 3 aromatic rings. The largest absolute Gasteiger partial charge is 0.369 e. The summed E-state index contributed by atoms with van der Waals surface area (Å²) in [6.45, 7) is 8.64. The first kappa shape index (κ1) is 20.0. The fourth-order valence-corrected chi connectivity index (χ4v) is 3.94. The van der Waals surface area contributed by atoms with Crippen LogP contribution in [0.5, 0.6) is 0 Å². The van der Waals surface area contributed by atoms with Crippen molar-refractivity contribution in [2.45, 2.75) is 40.2 Å². The summed E-state index contributed by atoms with van der Waals surface area (Å²) in [7, 11) is 0. The van der Waals surface area contributed by atoms with Gasteiger partial charge in [0.2, 0.25) is 5.91 Å². The van der Waals surface area contributed by atoms with Crippen LogP contribution in [0.3, 0.4) is 0 Å². The fourth-order valence-electron chi connectivity index (χ4n) is 3.05. The number of Topliss-reactive ketones (excluding diaryl/α,β-unsaturated/α-hetero) is 1. The summed E-state index contributed by atoms with van der Waals surface area (Å²) in [5, 5.41) is 7.95. The SMILES string of the molecule is CC(=O)c1ccc(-c2cnc3ccc(NCCCN(C(C)=O)C(C)C)nn23)s1. The predicted molar refractivity (Wildman–Crippen MR) is 112 cm³/mol. The molecule has 0 spiro atoms. The Balaban J connectivity index is 1.70. The second kappa shape index (κ2) is 8.52. The average molecular weight is 400 g/mol. The minimum atomic E-state index is 0.0568. The van der Waals surface area contributed by atoms with Crippen LogP contribution in [0.1, 0.15) is 43.8 Å². The van der Waals surface area contributed by atoms with Crippen LogP contribution >= 0.6 is 11.3 Å². The second-order valence-electron chi connectivity index (χ2n) is 6.94. The van der Waals surface area contributed by atoms with Crippen LogP contribution in [-0.4, -0.2) is 50.3 Å². The van der Waals surface area contributed by atoms with Crippen molar-refractivity contribution in [2.24, 2.45) is 0 Å². The number of aromatic nitrogens is 3. The lowest BCUT2D eigenvalue weighted by Crippen LogP contribution is -2.36. The Morgan fingerprint density at radius 1 is 1.21 bits per heavy atom. The minimum absolute atomic E-state index is 0.0568. The maximum Gasteiger partial charge on any atom is 0.219 e. The van der Waals surface area contributed by atoms with E-state index in [1.165, 1.54) is 11.3 Å². The number of fused-ring (bicyclic) bond motifs is 1. The number of thiophene rings is 1. The molecule has 148 valence electrons. The van der Waals surface area contributed by atoms with Crippen LogP contribution in [0.4, 0.5) is 5.82 Å². The lowest BCUT2D eigenvalue weighted by Gasteiger charge is -2.25. The number of carbonyl (C=O) groups is 2. The standard InChI is InChI=1S/C20H25N5O2S/c1-13(2)24(15(4)27)11-5-10-21-19-8-9-20-22-12-16(25(20)23-19)18-7-6-17(28-18)14(3)26/h6-9,12-13H,5,10-11H2,1-4H3,(H,21,23). The summed E-state index contributed by atoms with van der Waals surface area (Å²) in [5.41, 5.74) is 1.61. The van der Waals surface area contributed by atoms with Gasteiger partial charge in [-0.3, -0.25) is 9.59 Å². The molecule has 0 aliphatic carbocycles. The second-order valence-corrected chi connectivity index (χ2v) is 8.02. The number of rotatable bonds is 8. The third kappa shape index (κ3) is 4.39. The van der Waals surface area contributed by atoms with E-state index in [0.29, 0.717) is 13.1 Å². The highest BCUT2D eigenvalue weighted by atomic mass is 32.1. The summed E-state index contributed by atoms with van der Waals surface area (Å²) >= 11 is 1.44. The van der Waals surface area contributed by atoms with Gasteiger partial charge in [-0.2, -0.15) is 0 Å². The quantitative estimate of drug-likeness (QED) is 0.461. The van der Waals surface area contributed by atoms with Crippen molar-refractivity contribution in [3.8, 4) is 10.6 Å². The summed E-state index contributed by atoms with van der Waals surface area (Å²) in [5.74, 6) is 0.897. The van der Waals surface area contributed by atoms with Crippen LogP contribution in [0, 0.1) is 0 Å². The molecule has 0 saturated carbocycles. The van der Waals surface area contributed by atoms with Gasteiger partial charge in [0, 0.05) is 26.1 Å². The molecular weight excluding hydrogens is 374 g/mol. The van der Waals surface area contributed by atoms with Crippen LogP contribution < -0.4 is 5.32 Å². The van der Waals surface area contributed by atoms with Gasteiger partial charge in [-0.15, -0.1) is 16.4 Å². The van der Waals surface area contributed by atoms with Gasteiger partial charge in [-0.05, 0) is 51.5 Å². The predicted octanol–water partition coefficient (Wildman–Crippen LogP) is 3.72. The van der Waals surface area contributed by atoms with Crippen LogP contribution in [0.25, 0.3) is 16.2 Å². The van der Waals surface area contributed by atoms with E-state index in [1.807, 2.05) is 43.0 Å². The normalized spacial score (nSPS) is 11.2. The zero-order valence-corrected chi connectivity index (χ0v) is 17.4. The molecule has 0 aliphatic heterocycles. The molecule has 3 aromatic heterocycles. The number of hydrogen-bond donors (Lipinski definition) is 1. The number of nitrogens with zero attached hydrogens (tertiary/aromatic N) is 4. The van der Waals surface area contributed by atoms with Gasteiger partial charge in [-0.1, -0.05) is 0 Å². The van der Waals surface area contributed by atoms with Gasteiger partial charge < -0.3 is 10.2 Å². The van der Waals surface area contributed by atoms with E-state index in [2.05, 4.69) is 15.4 Å². The van der Waals surface area contributed by atoms with E-state index in [0.717, 1.165) is 33.3 Å². The number of carbonyl (C=O) groups excluding carboxylic acids is 2. The highest BCUT2D eigenvalue weighted by Gasteiger charge is 2.13. The minimum Gasteiger partial charge on any atom is -0.369 e. The maximum atomic E-state index is 11.6. The molecule has 3 heterocycles. The zero-order chi connectivity index (χ0) is 20.3. The lowest BCUT2D eigenvalue weighted by atomic mass is 10.3. The van der Waals surface area contributed by atoms with Crippen molar-refractivity contribution in [3.63, 3.8) is 0 Å². The molecule has 3 rings (SSSR count). The number of amides is 1. The van der Waals surface area contributed by atoms with Crippen LogP contribution in [0.15, 0.2) is 30.5 Å². The molecule has 0 bridgehead atoms. The Morgan fingerprint density at radius 3 is 2.64 bits per heavy atom. The zero-order valence-electron chi connectivity index (χ0n) is 16.6. The molecule has 28 heavy (non-hydrogen) atoms. The number of anilines is 1. The lowest BCUT2D eigenvalue weighted by molar-refractivity contribution is -0.130.